The average Bonchev–Trinajstić information content (AvgIpc) is 2.76. The van der Waals surface area contributed by atoms with Crippen molar-refractivity contribution in [2.45, 2.75) is 13.3 Å². The van der Waals surface area contributed by atoms with Gasteiger partial charge in [-0.25, -0.2) is 9.59 Å². The van der Waals surface area contributed by atoms with Gasteiger partial charge in [0.1, 0.15) is 5.57 Å². The number of carbonyl (C=O) groups excluding carboxylic acids is 3. The summed E-state index contributed by atoms with van der Waals surface area (Å²) in [7, 11) is 0. The number of nitrogens with zero attached hydrogens (tertiary/aromatic N) is 1. The lowest BCUT2D eigenvalue weighted by molar-refractivity contribution is -0.139. The Morgan fingerprint density at radius 2 is 1.81 bits per heavy atom. The van der Waals surface area contributed by atoms with E-state index in [0.29, 0.717) is 18.6 Å². The molecule has 1 saturated heterocycles. The number of carboxylic acid groups (broad SMARTS) is 1. The molecule has 0 aliphatic carbocycles. The Morgan fingerprint density at radius 3 is 2.50 bits per heavy atom. The number of amides is 4. The Morgan fingerprint density at radius 1 is 1.06 bits per heavy atom. The Balaban J connectivity index is 1.82. The first-order valence-corrected chi connectivity index (χ1v) is 9.93. The monoisotopic (exact) mass is 438 g/mol. The molecule has 2 aromatic rings. The number of aliphatic carboxylic acids is 1. The number of hydrogen-bond donors (Lipinski definition) is 2. The first-order chi connectivity index (χ1) is 15.4. The predicted molar refractivity (Wildman–Crippen MR) is 114 cm³/mol. The Hall–Kier alpha value is -4.14. The zero-order valence-corrected chi connectivity index (χ0v) is 17.4. The number of carbonyl (C=O) groups is 4. The fourth-order valence-corrected chi connectivity index (χ4v) is 3.09. The van der Waals surface area contributed by atoms with E-state index in [9.17, 15) is 19.2 Å². The zero-order valence-electron chi connectivity index (χ0n) is 17.4. The number of rotatable bonds is 9. The molecular weight excluding hydrogens is 416 g/mol. The second-order valence-corrected chi connectivity index (χ2v) is 6.83. The van der Waals surface area contributed by atoms with Crippen molar-refractivity contribution in [3.63, 3.8) is 0 Å². The van der Waals surface area contributed by atoms with Crippen LogP contribution in [-0.2, 0) is 20.8 Å². The summed E-state index contributed by atoms with van der Waals surface area (Å²) in [4.78, 5) is 49.2. The van der Waals surface area contributed by atoms with Crippen LogP contribution in [0.3, 0.4) is 0 Å². The highest BCUT2D eigenvalue weighted by atomic mass is 16.5. The van der Waals surface area contributed by atoms with E-state index in [1.807, 2.05) is 30.3 Å². The molecule has 1 fully saturated rings. The Bertz CT molecular complexity index is 1060. The number of ether oxygens (including phenoxy) is 2. The molecule has 1 heterocycles. The topological polar surface area (TPSA) is 122 Å². The summed E-state index contributed by atoms with van der Waals surface area (Å²) in [5.41, 5.74) is 1.21. The summed E-state index contributed by atoms with van der Waals surface area (Å²) in [6.07, 6.45) is 1.80. The number of carboxylic acids is 1. The van der Waals surface area contributed by atoms with Gasteiger partial charge in [-0.1, -0.05) is 36.4 Å². The quantitative estimate of drug-likeness (QED) is 0.455. The molecule has 9 heteroatoms. The third-order valence-corrected chi connectivity index (χ3v) is 4.58. The highest BCUT2D eigenvalue weighted by molar-refractivity contribution is 6.31. The van der Waals surface area contributed by atoms with Crippen LogP contribution in [0, 0.1) is 0 Å². The van der Waals surface area contributed by atoms with Crippen LogP contribution >= 0.6 is 0 Å². The summed E-state index contributed by atoms with van der Waals surface area (Å²) in [5, 5.41) is 11.0. The summed E-state index contributed by atoms with van der Waals surface area (Å²) in [6.45, 7) is 1.62. The smallest absolute Gasteiger partial charge is 0.341 e. The molecule has 4 amide bonds. The highest BCUT2D eigenvalue weighted by Crippen LogP contribution is 2.30. The summed E-state index contributed by atoms with van der Waals surface area (Å²) in [6, 6.07) is 13.2. The molecule has 0 aromatic heterocycles. The number of benzene rings is 2. The van der Waals surface area contributed by atoms with Crippen molar-refractivity contribution >= 4 is 29.9 Å². The van der Waals surface area contributed by atoms with Crippen molar-refractivity contribution in [1.82, 2.24) is 10.2 Å². The van der Waals surface area contributed by atoms with Gasteiger partial charge in [0.25, 0.3) is 11.8 Å². The number of hydrogen-bond acceptors (Lipinski definition) is 6. The van der Waals surface area contributed by atoms with Gasteiger partial charge in [-0.05, 0) is 42.7 Å². The largest absolute Gasteiger partial charge is 0.490 e. The van der Waals surface area contributed by atoms with Gasteiger partial charge in [0, 0.05) is 6.54 Å². The van der Waals surface area contributed by atoms with Crippen LogP contribution in [0.1, 0.15) is 18.1 Å². The van der Waals surface area contributed by atoms with Crippen LogP contribution in [0.5, 0.6) is 11.5 Å². The van der Waals surface area contributed by atoms with Crippen molar-refractivity contribution in [2.24, 2.45) is 0 Å². The molecule has 0 bridgehead atoms. The third-order valence-electron chi connectivity index (χ3n) is 4.58. The van der Waals surface area contributed by atoms with Crippen molar-refractivity contribution < 1.29 is 33.8 Å². The lowest BCUT2D eigenvalue weighted by Gasteiger charge is -2.26. The van der Waals surface area contributed by atoms with Gasteiger partial charge in [-0.3, -0.25) is 19.8 Å². The fourth-order valence-electron chi connectivity index (χ4n) is 3.09. The molecule has 2 N–H and O–H groups in total. The summed E-state index contributed by atoms with van der Waals surface area (Å²) < 4.78 is 10.7. The van der Waals surface area contributed by atoms with E-state index in [4.69, 9.17) is 14.6 Å². The van der Waals surface area contributed by atoms with Crippen molar-refractivity contribution in [3.05, 3.63) is 65.2 Å². The van der Waals surface area contributed by atoms with Crippen molar-refractivity contribution in [1.29, 1.82) is 0 Å². The van der Waals surface area contributed by atoms with E-state index in [-0.39, 0.29) is 23.6 Å². The predicted octanol–water partition coefficient (Wildman–Crippen LogP) is 2.25. The maximum Gasteiger partial charge on any atom is 0.341 e. The SMILES string of the molecule is CCOc1cc(C=C2C(=O)NC(=O)N(CCc3ccccc3)C2=O)ccc1OCC(=O)O. The normalized spacial score (nSPS) is 15.0. The fraction of sp³-hybridized carbons (Fsp3) is 0.217. The summed E-state index contributed by atoms with van der Waals surface area (Å²) >= 11 is 0. The van der Waals surface area contributed by atoms with Crippen LogP contribution in [0.15, 0.2) is 54.1 Å². The molecule has 0 atom stereocenters. The van der Waals surface area contributed by atoms with Gasteiger partial charge in [0.05, 0.1) is 6.61 Å². The van der Waals surface area contributed by atoms with Gasteiger partial charge in [0.2, 0.25) is 0 Å². The Labute approximate surface area is 184 Å². The molecule has 0 radical (unpaired) electrons. The van der Waals surface area contributed by atoms with Crippen LogP contribution < -0.4 is 14.8 Å². The first kappa shape index (κ1) is 22.5. The molecular formula is C23H22N2O7. The molecule has 1 aliphatic rings. The first-order valence-electron chi connectivity index (χ1n) is 9.93. The lowest BCUT2D eigenvalue weighted by Crippen LogP contribution is -2.54. The molecule has 0 unspecified atom stereocenters. The van der Waals surface area contributed by atoms with Crippen LogP contribution in [0.2, 0.25) is 0 Å². The molecule has 1 aliphatic heterocycles. The van der Waals surface area contributed by atoms with E-state index < -0.39 is 30.4 Å². The van der Waals surface area contributed by atoms with Crippen LogP contribution in [-0.4, -0.2) is 53.6 Å². The average molecular weight is 438 g/mol. The van der Waals surface area contributed by atoms with Gasteiger partial charge in [-0.15, -0.1) is 0 Å². The van der Waals surface area contributed by atoms with Gasteiger partial charge < -0.3 is 14.6 Å². The van der Waals surface area contributed by atoms with E-state index in [2.05, 4.69) is 5.32 Å². The minimum atomic E-state index is -1.14. The maximum atomic E-state index is 12.9. The Kier molecular flexibility index (Phi) is 7.22. The number of urea groups is 1. The number of nitrogens with one attached hydrogen (secondary N) is 1. The zero-order chi connectivity index (χ0) is 23.1. The minimum absolute atomic E-state index is 0.117. The minimum Gasteiger partial charge on any atom is -0.490 e. The molecule has 0 spiro atoms. The second-order valence-electron chi connectivity index (χ2n) is 6.83. The molecule has 9 nitrogen and oxygen atoms in total. The lowest BCUT2D eigenvalue weighted by atomic mass is 10.1. The van der Waals surface area contributed by atoms with Crippen molar-refractivity contribution in [3.8, 4) is 11.5 Å². The molecule has 2 aromatic carbocycles. The van der Waals surface area contributed by atoms with E-state index >= 15 is 0 Å². The van der Waals surface area contributed by atoms with Crippen LogP contribution in [0.25, 0.3) is 6.08 Å². The second kappa shape index (κ2) is 10.3. The van der Waals surface area contributed by atoms with Gasteiger partial charge in [0.15, 0.2) is 18.1 Å². The van der Waals surface area contributed by atoms with Gasteiger partial charge in [-0.2, -0.15) is 0 Å². The highest BCUT2D eigenvalue weighted by Gasteiger charge is 2.35. The third kappa shape index (κ3) is 5.51. The molecule has 3 rings (SSSR count). The maximum absolute atomic E-state index is 12.9. The molecule has 32 heavy (non-hydrogen) atoms. The number of barbiturate groups is 1. The standard InChI is InChI=1S/C23H22N2O7/c1-2-31-19-13-16(8-9-18(19)32-14-20(26)27)12-17-21(28)24-23(30)25(22(17)29)11-10-15-6-4-3-5-7-15/h3-9,12-13H,2,10-11,14H2,1H3,(H,26,27)(H,24,28,30). The van der Waals surface area contributed by atoms with Crippen molar-refractivity contribution in [2.75, 3.05) is 19.8 Å². The molecule has 166 valence electrons. The van der Waals surface area contributed by atoms with Gasteiger partial charge >= 0.3 is 12.0 Å². The van der Waals surface area contributed by atoms with E-state index in [1.165, 1.54) is 18.2 Å². The molecule has 0 saturated carbocycles. The summed E-state index contributed by atoms with van der Waals surface area (Å²) in [5.74, 6) is -2.14. The van der Waals surface area contributed by atoms with E-state index in [0.717, 1.165) is 10.5 Å². The van der Waals surface area contributed by atoms with Crippen LogP contribution in [0.4, 0.5) is 4.79 Å². The van der Waals surface area contributed by atoms with E-state index in [1.54, 1.807) is 13.0 Å². The number of imide groups is 2.